The van der Waals surface area contributed by atoms with E-state index in [0.717, 1.165) is 13.8 Å². The summed E-state index contributed by atoms with van der Waals surface area (Å²) in [4.78, 5) is 20.7. The predicted octanol–water partition coefficient (Wildman–Crippen LogP) is 1.68. The summed E-state index contributed by atoms with van der Waals surface area (Å²) in [5.41, 5.74) is 0. The van der Waals surface area contributed by atoms with E-state index < -0.39 is 37.1 Å². The highest BCUT2D eigenvalue weighted by Gasteiger charge is 2.40. The van der Waals surface area contributed by atoms with Gasteiger partial charge in [0.05, 0.1) is 12.5 Å². The summed E-state index contributed by atoms with van der Waals surface area (Å²) in [5, 5.41) is 0. The molecule has 0 unspecified atom stereocenters. The average molecular weight is 242 g/mol. The van der Waals surface area contributed by atoms with E-state index in [1.54, 1.807) is 0 Å². The summed E-state index contributed by atoms with van der Waals surface area (Å²) < 4.78 is 45.8. The molecule has 0 N–H and O–H groups in total. The van der Waals surface area contributed by atoms with E-state index in [9.17, 15) is 22.8 Å². The molecule has 1 atom stereocenters. The zero-order chi connectivity index (χ0) is 12.8. The quantitative estimate of drug-likeness (QED) is 0.688. The molecule has 94 valence electrons. The zero-order valence-electron chi connectivity index (χ0n) is 8.97. The van der Waals surface area contributed by atoms with Crippen LogP contribution in [-0.4, -0.2) is 31.3 Å². The molecule has 0 heterocycles. The normalized spacial score (nSPS) is 13.1. The Balaban J connectivity index is 4.11. The third-order valence-electron chi connectivity index (χ3n) is 1.72. The Morgan fingerprint density at radius 1 is 1.12 bits per heavy atom. The van der Waals surface area contributed by atoms with Gasteiger partial charge in [-0.15, -0.1) is 0 Å². The maximum Gasteiger partial charge on any atom is 0.395 e. The zero-order valence-corrected chi connectivity index (χ0v) is 8.97. The van der Waals surface area contributed by atoms with Crippen LogP contribution in [-0.2, 0) is 19.1 Å². The third kappa shape index (κ3) is 7.08. The highest BCUT2D eigenvalue weighted by molar-refractivity contribution is 5.66. The lowest BCUT2D eigenvalue weighted by atomic mass is 10.1. The minimum atomic E-state index is -4.48. The highest BCUT2D eigenvalue weighted by atomic mass is 19.4. The molecule has 0 amide bonds. The smallest absolute Gasteiger partial charge is 0.395 e. The van der Waals surface area contributed by atoms with Crippen molar-refractivity contribution in [3.05, 3.63) is 0 Å². The molecular formula is C9H13F3O4. The number of hydrogen-bond acceptors (Lipinski definition) is 4. The third-order valence-corrected chi connectivity index (χ3v) is 1.72. The molecule has 0 radical (unpaired) electrons. The van der Waals surface area contributed by atoms with Gasteiger partial charge in [0.1, 0.15) is 6.61 Å². The van der Waals surface area contributed by atoms with Crippen LogP contribution in [0.15, 0.2) is 0 Å². The monoisotopic (exact) mass is 242 g/mol. The molecule has 7 heteroatoms. The number of carbonyl (C=O) groups excluding carboxylic acids is 2. The fourth-order valence-corrected chi connectivity index (χ4v) is 0.904. The van der Waals surface area contributed by atoms with Crippen molar-refractivity contribution in [1.82, 2.24) is 0 Å². The van der Waals surface area contributed by atoms with Crippen LogP contribution in [0.4, 0.5) is 13.2 Å². The van der Waals surface area contributed by atoms with Crippen LogP contribution in [0.3, 0.4) is 0 Å². The van der Waals surface area contributed by atoms with E-state index in [2.05, 4.69) is 9.47 Å². The second-order valence-electron chi connectivity index (χ2n) is 3.17. The van der Waals surface area contributed by atoms with Gasteiger partial charge in [0.2, 0.25) is 0 Å². The van der Waals surface area contributed by atoms with E-state index in [-0.39, 0.29) is 6.61 Å². The van der Waals surface area contributed by atoms with Crippen LogP contribution in [0.2, 0.25) is 0 Å². The Hall–Kier alpha value is -1.27. The van der Waals surface area contributed by atoms with E-state index in [0.29, 0.717) is 0 Å². The molecular weight excluding hydrogens is 229 g/mol. The van der Waals surface area contributed by atoms with E-state index >= 15 is 0 Å². The molecule has 0 aromatic heterocycles. The first-order chi connectivity index (χ1) is 7.23. The first kappa shape index (κ1) is 14.7. The molecule has 0 saturated carbocycles. The number of rotatable bonds is 5. The summed E-state index contributed by atoms with van der Waals surface area (Å²) >= 11 is 0. The van der Waals surface area contributed by atoms with Crippen LogP contribution in [0.25, 0.3) is 0 Å². The predicted molar refractivity (Wildman–Crippen MR) is 47.4 cm³/mol. The minimum absolute atomic E-state index is 0.346. The molecule has 0 aromatic rings. The fourth-order valence-electron chi connectivity index (χ4n) is 0.904. The number of alkyl halides is 3. The summed E-state index contributed by atoms with van der Waals surface area (Å²) in [6, 6.07) is 0. The van der Waals surface area contributed by atoms with Crippen LogP contribution >= 0.6 is 0 Å². The van der Waals surface area contributed by atoms with Crippen molar-refractivity contribution in [2.45, 2.75) is 26.4 Å². The molecule has 0 spiro atoms. The molecule has 0 fully saturated rings. The van der Waals surface area contributed by atoms with Crippen molar-refractivity contribution in [3.8, 4) is 0 Å². The van der Waals surface area contributed by atoms with Crippen molar-refractivity contribution >= 4 is 11.9 Å². The topological polar surface area (TPSA) is 52.6 Å². The van der Waals surface area contributed by atoms with Gasteiger partial charge in [-0.25, -0.2) is 0 Å². The molecule has 0 aromatic carbocycles. The maximum absolute atomic E-state index is 12.4. The van der Waals surface area contributed by atoms with Crippen molar-refractivity contribution in [2.24, 2.45) is 5.92 Å². The summed E-state index contributed by atoms with van der Waals surface area (Å²) in [6.45, 7) is 1.04. The van der Waals surface area contributed by atoms with Gasteiger partial charge in [-0.1, -0.05) is 0 Å². The molecule has 4 nitrogen and oxygen atoms in total. The van der Waals surface area contributed by atoms with Gasteiger partial charge >= 0.3 is 18.1 Å². The Bertz CT molecular complexity index is 250. The van der Waals surface area contributed by atoms with E-state index in [1.807, 2.05) is 0 Å². The van der Waals surface area contributed by atoms with Gasteiger partial charge < -0.3 is 9.47 Å². The van der Waals surface area contributed by atoms with Gasteiger partial charge in [0.25, 0.3) is 0 Å². The van der Waals surface area contributed by atoms with Gasteiger partial charge in [0.15, 0.2) is 0 Å². The fraction of sp³-hybridized carbons (Fsp3) is 0.778. The van der Waals surface area contributed by atoms with E-state index in [4.69, 9.17) is 0 Å². The van der Waals surface area contributed by atoms with Gasteiger partial charge in [0, 0.05) is 13.8 Å². The lowest BCUT2D eigenvalue weighted by molar-refractivity contribution is -0.195. The number of esters is 2. The standard InChI is InChI=1S/C9H13F3O4/c1-6(13)15-4-3-8(9(10,11)12)5-16-7(2)14/h8H,3-5H2,1-2H3/t8-/m0/s1. The molecule has 0 bridgehead atoms. The molecule has 0 rings (SSSR count). The van der Waals surface area contributed by atoms with Crippen molar-refractivity contribution in [2.75, 3.05) is 13.2 Å². The molecule has 0 saturated heterocycles. The van der Waals surface area contributed by atoms with Crippen molar-refractivity contribution < 1.29 is 32.2 Å². The largest absolute Gasteiger partial charge is 0.466 e. The Morgan fingerprint density at radius 3 is 2.00 bits per heavy atom. The Morgan fingerprint density at radius 2 is 1.62 bits per heavy atom. The first-order valence-corrected chi connectivity index (χ1v) is 4.57. The van der Waals surface area contributed by atoms with Crippen molar-refractivity contribution in [1.29, 1.82) is 0 Å². The second-order valence-corrected chi connectivity index (χ2v) is 3.17. The van der Waals surface area contributed by atoms with E-state index in [1.165, 1.54) is 0 Å². The molecule has 0 aliphatic carbocycles. The Kier molecular flexibility index (Phi) is 5.84. The van der Waals surface area contributed by atoms with Crippen LogP contribution < -0.4 is 0 Å². The van der Waals surface area contributed by atoms with Crippen LogP contribution in [0.1, 0.15) is 20.3 Å². The number of halogens is 3. The molecule has 0 aliphatic heterocycles. The lowest BCUT2D eigenvalue weighted by Crippen LogP contribution is -2.29. The summed E-state index contributed by atoms with van der Waals surface area (Å²) in [5.74, 6) is -3.23. The lowest BCUT2D eigenvalue weighted by Gasteiger charge is -2.19. The molecule has 16 heavy (non-hydrogen) atoms. The molecule has 0 aliphatic rings. The van der Waals surface area contributed by atoms with Gasteiger partial charge in [-0.2, -0.15) is 13.2 Å². The summed E-state index contributed by atoms with van der Waals surface area (Å²) in [6.07, 6.45) is -4.90. The number of hydrogen-bond donors (Lipinski definition) is 0. The van der Waals surface area contributed by atoms with Gasteiger partial charge in [-0.3, -0.25) is 9.59 Å². The average Bonchev–Trinajstić information content (AvgIpc) is 2.07. The Labute approximate surface area is 90.7 Å². The maximum atomic E-state index is 12.4. The number of ether oxygens (including phenoxy) is 2. The summed E-state index contributed by atoms with van der Waals surface area (Å²) in [7, 11) is 0. The number of carbonyl (C=O) groups is 2. The van der Waals surface area contributed by atoms with Crippen molar-refractivity contribution in [3.63, 3.8) is 0 Å². The second kappa shape index (κ2) is 6.34. The van der Waals surface area contributed by atoms with Crippen LogP contribution in [0, 0.1) is 5.92 Å². The minimum Gasteiger partial charge on any atom is -0.466 e. The van der Waals surface area contributed by atoms with Crippen LogP contribution in [0.5, 0.6) is 0 Å². The van der Waals surface area contributed by atoms with Gasteiger partial charge in [-0.05, 0) is 6.42 Å². The highest BCUT2D eigenvalue weighted by Crippen LogP contribution is 2.29. The first-order valence-electron chi connectivity index (χ1n) is 4.57. The SMILES string of the molecule is CC(=O)OCC[C@@H](COC(C)=O)C(F)(F)F.